The van der Waals surface area contributed by atoms with Gasteiger partial charge in [-0.05, 0) is 36.8 Å². The van der Waals surface area contributed by atoms with Crippen LogP contribution in [-0.4, -0.2) is 51.4 Å². The first kappa shape index (κ1) is 20.1. The van der Waals surface area contributed by atoms with Gasteiger partial charge in [-0.1, -0.05) is 38.1 Å². The largest absolute Gasteiger partial charge is 0.396 e. The highest BCUT2D eigenvalue weighted by Crippen LogP contribution is 2.27. The van der Waals surface area contributed by atoms with Crippen molar-refractivity contribution in [3.05, 3.63) is 52.3 Å². The van der Waals surface area contributed by atoms with Crippen molar-refractivity contribution in [2.45, 2.75) is 52.1 Å². The maximum Gasteiger partial charge on any atom is 0.274 e. The molecule has 1 unspecified atom stereocenters. The molecule has 6 nitrogen and oxygen atoms in total. The van der Waals surface area contributed by atoms with E-state index in [4.69, 9.17) is 0 Å². The number of aliphatic hydroxyl groups excluding tert-OH is 1. The fourth-order valence-corrected chi connectivity index (χ4v) is 4.43. The number of hydrogen-bond acceptors (Lipinski definition) is 4. The lowest BCUT2D eigenvalue weighted by molar-refractivity contribution is 0.0726. The molecule has 1 aromatic heterocycles. The highest BCUT2D eigenvalue weighted by molar-refractivity contribution is 5.94. The number of hydrogen-bond donors (Lipinski definition) is 2. The van der Waals surface area contributed by atoms with Crippen molar-refractivity contribution in [3.63, 3.8) is 0 Å². The Labute approximate surface area is 172 Å². The minimum absolute atomic E-state index is 0.0488. The van der Waals surface area contributed by atoms with E-state index in [-0.39, 0.29) is 17.9 Å². The maximum atomic E-state index is 13.4. The number of aliphatic hydroxyl groups is 1. The summed E-state index contributed by atoms with van der Waals surface area (Å²) in [6, 6.07) is 8.69. The van der Waals surface area contributed by atoms with Crippen molar-refractivity contribution in [1.29, 1.82) is 0 Å². The number of benzene rings is 1. The minimum atomic E-state index is -0.144. The molecule has 1 aliphatic carbocycles. The fourth-order valence-electron chi connectivity index (χ4n) is 4.43. The summed E-state index contributed by atoms with van der Waals surface area (Å²) in [6.07, 6.45) is 3.67. The standard InChI is InChI=1S/C23H32N4O2/c1-23(2,15-28)14-24-18-8-9-20-19(12-18)21(25-26(20)3)22(29)27-11-10-16-6-4-5-7-17(16)13-27/h4-7,18,24,28H,8-15H2,1-3H3. The Morgan fingerprint density at radius 1 is 1.28 bits per heavy atom. The lowest BCUT2D eigenvalue weighted by Crippen LogP contribution is -2.42. The predicted octanol–water partition coefficient (Wildman–Crippen LogP) is 2.08. The molecule has 2 heterocycles. The average Bonchev–Trinajstić information content (AvgIpc) is 3.07. The maximum absolute atomic E-state index is 13.4. The first-order valence-electron chi connectivity index (χ1n) is 10.6. The van der Waals surface area contributed by atoms with Gasteiger partial charge in [0.1, 0.15) is 0 Å². The van der Waals surface area contributed by atoms with Crippen molar-refractivity contribution in [3.8, 4) is 0 Å². The summed E-state index contributed by atoms with van der Waals surface area (Å²) in [5.74, 6) is 0.0488. The summed E-state index contributed by atoms with van der Waals surface area (Å²) in [4.78, 5) is 15.3. The topological polar surface area (TPSA) is 70.4 Å². The molecule has 1 aromatic carbocycles. The Morgan fingerprint density at radius 3 is 2.79 bits per heavy atom. The second kappa shape index (κ2) is 7.92. The molecule has 0 saturated heterocycles. The molecule has 0 fully saturated rings. The quantitative estimate of drug-likeness (QED) is 0.812. The van der Waals surface area contributed by atoms with E-state index in [1.54, 1.807) is 0 Å². The SMILES string of the molecule is Cn1nc(C(=O)N2CCc3ccccc3C2)c2c1CCC(NCC(C)(C)CO)C2. The Kier molecular flexibility index (Phi) is 5.49. The second-order valence-corrected chi connectivity index (χ2v) is 9.29. The van der Waals surface area contributed by atoms with E-state index in [0.717, 1.165) is 44.3 Å². The average molecular weight is 397 g/mol. The van der Waals surface area contributed by atoms with Crippen molar-refractivity contribution in [2.24, 2.45) is 12.5 Å². The smallest absolute Gasteiger partial charge is 0.274 e. The van der Waals surface area contributed by atoms with Crippen LogP contribution in [0.3, 0.4) is 0 Å². The molecule has 2 aromatic rings. The molecule has 0 radical (unpaired) electrons. The molecule has 0 bridgehead atoms. The molecule has 29 heavy (non-hydrogen) atoms. The Morgan fingerprint density at radius 2 is 2.03 bits per heavy atom. The second-order valence-electron chi connectivity index (χ2n) is 9.29. The van der Waals surface area contributed by atoms with Gasteiger partial charge in [-0.3, -0.25) is 9.48 Å². The number of aromatic nitrogens is 2. The number of aryl methyl sites for hydroxylation is 1. The zero-order valence-electron chi connectivity index (χ0n) is 17.7. The van der Waals surface area contributed by atoms with Crippen LogP contribution in [0.25, 0.3) is 0 Å². The number of carbonyl (C=O) groups is 1. The van der Waals surface area contributed by atoms with Gasteiger partial charge in [-0.15, -0.1) is 0 Å². The number of nitrogens with zero attached hydrogens (tertiary/aromatic N) is 3. The Balaban J connectivity index is 1.51. The van der Waals surface area contributed by atoms with E-state index in [1.807, 2.05) is 22.7 Å². The minimum Gasteiger partial charge on any atom is -0.396 e. The van der Waals surface area contributed by atoms with Gasteiger partial charge in [0.25, 0.3) is 5.91 Å². The number of carbonyl (C=O) groups excluding carboxylic acids is 1. The first-order valence-corrected chi connectivity index (χ1v) is 10.6. The van der Waals surface area contributed by atoms with E-state index < -0.39 is 0 Å². The van der Waals surface area contributed by atoms with Gasteiger partial charge in [0.05, 0.1) is 0 Å². The molecule has 0 saturated carbocycles. The van der Waals surface area contributed by atoms with Crippen molar-refractivity contribution >= 4 is 5.91 Å². The summed E-state index contributed by atoms with van der Waals surface area (Å²) in [5, 5.41) is 17.8. The monoisotopic (exact) mass is 396 g/mol. The lowest BCUT2D eigenvalue weighted by atomic mass is 9.89. The fraction of sp³-hybridized carbons (Fsp3) is 0.565. The van der Waals surface area contributed by atoms with Gasteiger partial charge >= 0.3 is 0 Å². The highest BCUT2D eigenvalue weighted by Gasteiger charge is 2.32. The zero-order chi connectivity index (χ0) is 20.6. The third-order valence-corrected chi connectivity index (χ3v) is 6.37. The van der Waals surface area contributed by atoms with Gasteiger partial charge in [0.2, 0.25) is 0 Å². The zero-order valence-corrected chi connectivity index (χ0v) is 17.7. The van der Waals surface area contributed by atoms with Crippen LogP contribution in [0.1, 0.15) is 53.1 Å². The van der Waals surface area contributed by atoms with E-state index in [0.29, 0.717) is 18.3 Å². The summed E-state index contributed by atoms with van der Waals surface area (Å²) in [7, 11) is 1.95. The lowest BCUT2D eigenvalue weighted by Gasteiger charge is -2.30. The summed E-state index contributed by atoms with van der Waals surface area (Å²) in [5.41, 5.74) is 5.34. The predicted molar refractivity (Wildman–Crippen MR) is 113 cm³/mol. The molecular formula is C23H32N4O2. The third kappa shape index (κ3) is 4.09. The van der Waals surface area contributed by atoms with E-state index in [1.165, 1.54) is 16.8 Å². The van der Waals surface area contributed by atoms with Crippen LogP contribution in [0.15, 0.2) is 24.3 Å². The molecular weight excluding hydrogens is 364 g/mol. The molecule has 1 atom stereocenters. The van der Waals surface area contributed by atoms with Crippen LogP contribution >= 0.6 is 0 Å². The summed E-state index contributed by atoms with van der Waals surface area (Å²) in [6.45, 7) is 6.43. The van der Waals surface area contributed by atoms with Crippen LogP contribution in [0, 0.1) is 5.41 Å². The van der Waals surface area contributed by atoms with Crippen molar-refractivity contribution in [2.75, 3.05) is 19.7 Å². The number of rotatable bonds is 5. The third-order valence-electron chi connectivity index (χ3n) is 6.37. The van der Waals surface area contributed by atoms with Gasteiger partial charge in [0.15, 0.2) is 5.69 Å². The normalized spacial score (nSPS) is 19.0. The van der Waals surface area contributed by atoms with Gasteiger partial charge in [0, 0.05) is 56.0 Å². The highest BCUT2D eigenvalue weighted by atomic mass is 16.3. The van der Waals surface area contributed by atoms with E-state index in [2.05, 4.69) is 42.5 Å². The molecule has 6 heteroatoms. The van der Waals surface area contributed by atoms with Gasteiger partial charge in [-0.25, -0.2) is 0 Å². The Bertz CT molecular complexity index is 902. The van der Waals surface area contributed by atoms with Gasteiger partial charge < -0.3 is 15.3 Å². The van der Waals surface area contributed by atoms with E-state index in [9.17, 15) is 9.90 Å². The van der Waals surface area contributed by atoms with Crippen LogP contribution < -0.4 is 5.32 Å². The molecule has 4 rings (SSSR count). The van der Waals surface area contributed by atoms with Crippen LogP contribution in [0.4, 0.5) is 0 Å². The van der Waals surface area contributed by atoms with Crippen molar-refractivity contribution in [1.82, 2.24) is 20.0 Å². The summed E-state index contributed by atoms with van der Waals surface area (Å²) >= 11 is 0. The van der Waals surface area contributed by atoms with Crippen LogP contribution in [0.2, 0.25) is 0 Å². The molecule has 0 spiro atoms. The van der Waals surface area contributed by atoms with Gasteiger partial charge in [-0.2, -0.15) is 5.10 Å². The van der Waals surface area contributed by atoms with Crippen LogP contribution in [-0.2, 0) is 32.9 Å². The number of amides is 1. The summed E-state index contributed by atoms with van der Waals surface area (Å²) < 4.78 is 1.90. The number of fused-ring (bicyclic) bond motifs is 2. The van der Waals surface area contributed by atoms with Crippen molar-refractivity contribution < 1.29 is 9.90 Å². The molecule has 1 aliphatic heterocycles. The van der Waals surface area contributed by atoms with E-state index >= 15 is 0 Å². The molecule has 2 N–H and O–H groups in total. The molecule has 1 amide bonds. The molecule has 156 valence electrons. The Hall–Kier alpha value is -2.18. The van der Waals surface area contributed by atoms with Crippen LogP contribution in [0.5, 0.6) is 0 Å². The number of nitrogens with one attached hydrogen (secondary N) is 1. The first-order chi connectivity index (χ1) is 13.9. The molecule has 2 aliphatic rings.